The van der Waals surface area contributed by atoms with Crippen LogP contribution in [0.1, 0.15) is 16.1 Å². The maximum absolute atomic E-state index is 12.9. The zero-order valence-electron chi connectivity index (χ0n) is 12.1. The van der Waals surface area contributed by atoms with Crippen molar-refractivity contribution in [1.82, 2.24) is 15.0 Å². The van der Waals surface area contributed by atoms with Crippen molar-refractivity contribution in [3.8, 4) is 0 Å². The summed E-state index contributed by atoms with van der Waals surface area (Å²) < 4.78 is 14.3. The summed E-state index contributed by atoms with van der Waals surface area (Å²) in [5.74, 6) is -0.593. The lowest BCUT2D eigenvalue weighted by atomic mass is 10.2. The molecule has 0 atom stereocenters. The predicted molar refractivity (Wildman–Crippen MR) is 84.3 cm³/mol. The van der Waals surface area contributed by atoms with E-state index in [4.69, 9.17) is 5.73 Å². The highest BCUT2D eigenvalue weighted by atomic mass is 19.1. The molecule has 2 aromatic carbocycles. The number of carbonyl (C=O) groups is 1. The van der Waals surface area contributed by atoms with Crippen LogP contribution >= 0.6 is 0 Å². The third kappa shape index (κ3) is 3.34. The van der Waals surface area contributed by atoms with Crippen molar-refractivity contribution in [2.24, 2.45) is 0 Å². The first-order valence-electron chi connectivity index (χ1n) is 6.93. The first kappa shape index (κ1) is 14.7. The summed E-state index contributed by atoms with van der Waals surface area (Å²) in [6.07, 6.45) is 0. The number of benzene rings is 2. The minimum absolute atomic E-state index is 0.0518. The van der Waals surface area contributed by atoms with Gasteiger partial charge in [-0.25, -0.2) is 9.07 Å². The molecule has 0 aliphatic carbocycles. The van der Waals surface area contributed by atoms with E-state index in [0.717, 1.165) is 5.56 Å². The highest BCUT2D eigenvalue weighted by Gasteiger charge is 2.17. The van der Waals surface area contributed by atoms with Gasteiger partial charge in [0.25, 0.3) is 5.91 Å². The second-order valence-corrected chi connectivity index (χ2v) is 4.93. The van der Waals surface area contributed by atoms with E-state index in [2.05, 4.69) is 15.6 Å². The molecule has 6 nitrogen and oxygen atoms in total. The van der Waals surface area contributed by atoms with Crippen LogP contribution in [0.5, 0.6) is 0 Å². The molecule has 0 aliphatic rings. The Kier molecular flexibility index (Phi) is 4.01. The minimum Gasteiger partial charge on any atom is -0.382 e. The van der Waals surface area contributed by atoms with Gasteiger partial charge in [-0.05, 0) is 29.8 Å². The van der Waals surface area contributed by atoms with Crippen LogP contribution in [0.3, 0.4) is 0 Å². The Bertz CT molecular complexity index is 814. The number of nitrogens with zero attached hydrogens (tertiary/aromatic N) is 3. The average molecular weight is 311 g/mol. The fourth-order valence-electron chi connectivity index (χ4n) is 2.07. The predicted octanol–water partition coefficient (Wildman–Crippen LogP) is 2.30. The van der Waals surface area contributed by atoms with Gasteiger partial charge in [-0.1, -0.05) is 35.5 Å². The fourth-order valence-corrected chi connectivity index (χ4v) is 2.07. The number of anilines is 2. The van der Waals surface area contributed by atoms with E-state index in [1.54, 1.807) is 24.3 Å². The molecule has 0 saturated carbocycles. The fraction of sp³-hybridized carbons (Fsp3) is 0.0625. The lowest BCUT2D eigenvalue weighted by Crippen LogP contribution is -2.15. The van der Waals surface area contributed by atoms with Crippen molar-refractivity contribution in [2.75, 3.05) is 11.1 Å². The van der Waals surface area contributed by atoms with Crippen LogP contribution in [-0.2, 0) is 6.54 Å². The van der Waals surface area contributed by atoms with Crippen LogP contribution in [0.4, 0.5) is 15.9 Å². The largest absolute Gasteiger partial charge is 0.382 e. The smallest absolute Gasteiger partial charge is 0.280 e. The van der Waals surface area contributed by atoms with Gasteiger partial charge in [0.05, 0.1) is 6.54 Å². The lowest BCUT2D eigenvalue weighted by molar-refractivity contribution is 0.102. The summed E-state index contributed by atoms with van der Waals surface area (Å²) >= 11 is 0. The van der Waals surface area contributed by atoms with Gasteiger partial charge in [-0.3, -0.25) is 4.79 Å². The molecule has 0 radical (unpaired) electrons. The minimum atomic E-state index is -0.431. The molecule has 0 bridgehead atoms. The van der Waals surface area contributed by atoms with Crippen molar-refractivity contribution in [3.05, 3.63) is 71.7 Å². The topological polar surface area (TPSA) is 85.8 Å². The van der Waals surface area contributed by atoms with E-state index >= 15 is 0 Å². The number of aromatic nitrogens is 3. The zero-order valence-corrected chi connectivity index (χ0v) is 12.1. The summed E-state index contributed by atoms with van der Waals surface area (Å²) in [4.78, 5) is 12.2. The van der Waals surface area contributed by atoms with Crippen LogP contribution in [0.15, 0.2) is 54.6 Å². The molecular formula is C16H14FN5O. The standard InChI is InChI=1S/C16H14FN5O/c17-12-8-6-11(7-9-12)10-22-15(18)14(20-21-22)16(23)19-13-4-2-1-3-5-13/h1-9H,10,18H2,(H,19,23). The van der Waals surface area contributed by atoms with Crippen LogP contribution in [-0.4, -0.2) is 20.9 Å². The number of carbonyl (C=O) groups excluding carboxylic acids is 1. The number of hydrogen-bond acceptors (Lipinski definition) is 4. The molecule has 0 fully saturated rings. The van der Waals surface area contributed by atoms with Gasteiger partial charge in [-0.2, -0.15) is 0 Å². The molecule has 7 heteroatoms. The Morgan fingerprint density at radius 3 is 2.52 bits per heavy atom. The summed E-state index contributed by atoms with van der Waals surface area (Å²) in [5.41, 5.74) is 7.44. The lowest BCUT2D eigenvalue weighted by Gasteiger charge is -2.05. The average Bonchev–Trinajstić information content (AvgIpc) is 2.91. The Balaban J connectivity index is 1.76. The SMILES string of the molecule is Nc1c(C(=O)Nc2ccccc2)nnn1Cc1ccc(F)cc1. The van der Waals surface area contributed by atoms with Crippen molar-refractivity contribution in [3.63, 3.8) is 0 Å². The molecule has 0 spiro atoms. The van der Waals surface area contributed by atoms with Crippen molar-refractivity contribution >= 4 is 17.4 Å². The van der Waals surface area contributed by atoms with Crippen LogP contribution in [0, 0.1) is 5.82 Å². The maximum atomic E-state index is 12.9. The Hall–Kier alpha value is -3.22. The summed E-state index contributed by atoms with van der Waals surface area (Å²) in [6.45, 7) is 0.303. The number of amides is 1. The van der Waals surface area contributed by atoms with Gasteiger partial charge in [0.15, 0.2) is 11.5 Å². The molecular weight excluding hydrogens is 297 g/mol. The number of nitrogens with one attached hydrogen (secondary N) is 1. The van der Waals surface area contributed by atoms with Gasteiger partial charge >= 0.3 is 0 Å². The quantitative estimate of drug-likeness (QED) is 0.774. The Labute approximate surface area is 131 Å². The number of nitrogens with two attached hydrogens (primary N) is 1. The van der Waals surface area contributed by atoms with Crippen LogP contribution in [0.25, 0.3) is 0 Å². The monoisotopic (exact) mass is 311 g/mol. The second-order valence-electron chi connectivity index (χ2n) is 4.93. The van der Waals surface area contributed by atoms with Gasteiger partial charge in [0, 0.05) is 5.69 Å². The van der Waals surface area contributed by atoms with Gasteiger partial charge in [-0.15, -0.1) is 5.10 Å². The summed E-state index contributed by atoms with van der Waals surface area (Å²) in [5, 5.41) is 10.4. The molecule has 23 heavy (non-hydrogen) atoms. The highest BCUT2D eigenvalue weighted by molar-refractivity contribution is 6.05. The molecule has 3 rings (SSSR count). The maximum Gasteiger partial charge on any atom is 0.280 e. The molecule has 1 aromatic heterocycles. The highest BCUT2D eigenvalue weighted by Crippen LogP contribution is 2.14. The normalized spacial score (nSPS) is 10.5. The van der Waals surface area contributed by atoms with Gasteiger partial charge in [0.1, 0.15) is 5.82 Å². The third-order valence-electron chi connectivity index (χ3n) is 3.27. The molecule has 3 aromatic rings. The van der Waals surface area contributed by atoms with Crippen molar-refractivity contribution < 1.29 is 9.18 Å². The van der Waals surface area contributed by atoms with Gasteiger partial charge < -0.3 is 11.1 Å². The first-order chi connectivity index (χ1) is 11.1. The van der Waals surface area contributed by atoms with E-state index in [1.807, 2.05) is 18.2 Å². The Morgan fingerprint density at radius 1 is 1.13 bits per heavy atom. The number of para-hydroxylation sites is 1. The first-order valence-corrected chi connectivity index (χ1v) is 6.93. The molecule has 1 amide bonds. The van der Waals surface area contributed by atoms with E-state index in [-0.39, 0.29) is 17.3 Å². The van der Waals surface area contributed by atoms with Crippen molar-refractivity contribution in [1.29, 1.82) is 0 Å². The number of halogens is 1. The van der Waals surface area contributed by atoms with E-state index in [1.165, 1.54) is 16.8 Å². The number of hydrogen-bond donors (Lipinski definition) is 2. The number of rotatable bonds is 4. The molecule has 116 valence electrons. The van der Waals surface area contributed by atoms with Gasteiger partial charge in [0.2, 0.25) is 0 Å². The second kappa shape index (κ2) is 6.27. The van der Waals surface area contributed by atoms with Crippen LogP contribution < -0.4 is 11.1 Å². The Morgan fingerprint density at radius 2 is 1.83 bits per heavy atom. The number of nitrogen functional groups attached to an aromatic ring is 1. The third-order valence-corrected chi connectivity index (χ3v) is 3.27. The van der Waals surface area contributed by atoms with Crippen molar-refractivity contribution in [2.45, 2.75) is 6.54 Å². The molecule has 0 unspecified atom stereocenters. The van der Waals surface area contributed by atoms with E-state index < -0.39 is 5.91 Å². The molecule has 3 N–H and O–H groups in total. The van der Waals surface area contributed by atoms with E-state index in [0.29, 0.717) is 12.2 Å². The summed E-state index contributed by atoms with van der Waals surface area (Å²) in [6, 6.07) is 14.9. The molecule has 0 saturated heterocycles. The van der Waals surface area contributed by atoms with Crippen LogP contribution in [0.2, 0.25) is 0 Å². The molecule has 1 heterocycles. The van der Waals surface area contributed by atoms with E-state index in [9.17, 15) is 9.18 Å². The zero-order chi connectivity index (χ0) is 16.2. The summed E-state index contributed by atoms with van der Waals surface area (Å²) in [7, 11) is 0. The molecule has 0 aliphatic heterocycles.